The highest BCUT2D eigenvalue weighted by molar-refractivity contribution is 5.96. The van der Waals surface area contributed by atoms with Gasteiger partial charge in [-0.25, -0.2) is 5.10 Å². The van der Waals surface area contributed by atoms with E-state index in [0.29, 0.717) is 0 Å². The molecule has 2 amide bonds. The summed E-state index contributed by atoms with van der Waals surface area (Å²) in [6.07, 6.45) is 1.52. The van der Waals surface area contributed by atoms with Crippen molar-refractivity contribution in [2.45, 2.75) is 26.3 Å². The maximum Gasteiger partial charge on any atom is 0.249 e. The van der Waals surface area contributed by atoms with Gasteiger partial charge >= 0.3 is 0 Å². The highest BCUT2D eigenvalue weighted by Crippen LogP contribution is 2.16. The Labute approximate surface area is 151 Å². The van der Waals surface area contributed by atoms with Gasteiger partial charge in [-0.3, -0.25) is 14.9 Å². The van der Waals surface area contributed by atoms with E-state index in [1.807, 2.05) is 56.3 Å². The number of aromatic amines is 1. The fourth-order valence-corrected chi connectivity index (χ4v) is 2.75. The average molecular weight is 351 g/mol. The third-order valence-corrected chi connectivity index (χ3v) is 4.10. The maximum absolute atomic E-state index is 12.4. The minimum Gasteiger partial charge on any atom is -0.344 e. The molecular weight excluding hydrogens is 330 g/mol. The van der Waals surface area contributed by atoms with Gasteiger partial charge in [0.2, 0.25) is 17.8 Å². The largest absolute Gasteiger partial charge is 0.344 e. The number of aromatic nitrogens is 3. The zero-order valence-electron chi connectivity index (χ0n) is 14.7. The normalized spacial score (nSPS) is 12.1. The second kappa shape index (κ2) is 7.77. The van der Waals surface area contributed by atoms with Gasteiger partial charge in [0, 0.05) is 0 Å². The molecule has 0 spiro atoms. The summed E-state index contributed by atoms with van der Waals surface area (Å²) in [6.45, 7) is 3.75. The molecule has 7 nitrogen and oxygen atoms in total. The van der Waals surface area contributed by atoms with Crippen molar-refractivity contribution < 1.29 is 9.59 Å². The molecule has 2 aromatic carbocycles. The number of carbonyl (C=O) groups excluding carboxylic acids is 2. The molecule has 134 valence electrons. The van der Waals surface area contributed by atoms with Crippen LogP contribution in [-0.2, 0) is 16.0 Å². The molecule has 3 rings (SSSR count). The number of rotatable bonds is 6. The second-order valence-corrected chi connectivity index (χ2v) is 6.47. The Bertz CT molecular complexity index is 905. The van der Waals surface area contributed by atoms with E-state index in [-0.39, 0.29) is 30.1 Å². The van der Waals surface area contributed by atoms with Crippen LogP contribution in [0, 0.1) is 5.92 Å². The molecule has 0 bridgehead atoms. The minimum absolute atomic E-state index is 0.0709. The van der Waals surface area contributed by atoms with Gasteiger partial charge < -0.3 is 5.32 Å². The number of nitrogens with one attached hydrogen (secondary N) is 3. The van der Waals surface area contributed by atoms with Crippen LogP contribution < -0.4 is 10.6 Å². The molecule has 0 saturated heterocycles. The van der Waals surface area contributed by atoms with Crippen LogP contribution in [0.3, 0.4) is 0 Å². The summed E-state index contributed by atoms with van der Waals surface area (Å²) in [4.78, 5) is 28.7. The zero-order chi connectivity index (χ0) is 18.5. The molecule has 1 heterocycles. The summed E-state index contributed by atoms with van der Waals surface area (Å²) in [7, 11) is 0. The van der Waals surface area contributed by atoms with Crippen molar-refractivity contribution in [1.82, 2.24) is 20.5 Å². The Morgan fingerprint density at radius 1 is 1.12 bits per heavy atom. The number of anilines is 1. The van der Waals surface area contributed by atoms with Crippen LogP contribution in [0.15, 0.2) is 48.8 Å². The third-order valence-electron chi connectivity index (χ3n) is 4.10. The number of hydrogen-bond donors (Lipinski definition) is 3. The van der Waals surface area contributed by atoms with Gasteiger partial charge in [0.1, 0.15) is 12.4 Å². The molecule has 7 heteroatoms. The predicted octanol–water partition coefficient (Wildman–Crippen LogP) is 2.28. The van der Waals surface area contributed by atoms with Crippen molar-refractivity contribution in [3.63, 3.8) is 0 Å². The van der Waals surface area contributed by atoms with Crippen molar-refractivity contribution >= 4 is 28.5 Å². The fraction of sp³-hybridized carbons (Fsp3) is 0.263. The molecule has 1 aromatic heterocycles. The third kappa shape index (κ3) is 4.24. The Balaban J connectivity index is 1.66. The van der Waals surface area contributed by atoms with E-state index in [2.05, 4.69) is 25.8 Å². The smallest absolute Gasteiger partial charge is 0.249 e. The predicted molar refractivity (Wildman–Crippen MR) is 99.4 cm³/mol. The topological polar surface area (TPSA) is 99.8 Å². The number of benzene rings is 2. The first-order chi connectivity index (χ1) is 12.5. The van der Waals surface area contributed by atoms with E-state index in [0.717, 1.165) is 16.3 Å². The van der Waals surface area contributed by atoms with Crippen molar-refractivity contribution in [3.8, 4) is 0 Å². The summed E-state index contributed by atoms with van der Waals surface area (Å²) in [5.41, 5.74) is 0.902. The second-order valence-electron chi connectivity index (χ2n) is 6.47. The van der Waals surface area contributed by atoms with Gasteiger partial charge in [0.05, 0.1) is 6.42 Å². The molecule has 1 atom stereocenters. The van der Waals surface area contributed by atoms with Crippen molar-refractivity contribution in [1.29, 1.82) is 0 Å². The lowest BCUT2D eigenvalue weighted by Gasteiger charge is -2.21. The number of H-pyrrole nitrogens is 1. The zero-order valence-corrected chi connectivity index (χ0v) is 14.7. The molecule has 3 N–H and O–H groups in total. The molecule has 0 saturated carbocycles. The van der Waals surface area contributed by atoms with Crippen molar-refractivity contribution in [2.75, 3.05) is 5.32 Å². The van der Waals surface area contributed by atoms with E-state index in [1.54, 1.807) is 0 Å². The van der Waals surface area contributed by atoms with Crippen LogP contribution in [0.5, 0.6) is 0 Å². The Hall–Kier alpha value is -3.22. The Morgan fingerprint density at radius 3 is 2.58 bits per heavy atom. The molecular formula is C19H21N5O2. The van der Waals surface area contributed by atoms with Crippen molar-refractivity contribution in [3.05, 3.63) is 54.4 Å². The molecule has 0 aliphatic carbocycles. The SMILES string of the molecule is CC(C)C(NC(=O)Cc1ccc2ccccc2c1)C(=O)Nc1ncn[nH]1. The van der Waals surface area contributed by atoms with Gasteiger partial charge in [-0.05, 0) is 22.3 Å². The van der Waals surface area contributed by atoms with Crippen LogP contribution in [0.1, 0.15) is 19.4 Å². The van der Waals surface area contributed by atoms with Gasteiger partial charge in [-0.15, -0.1) is 0 Å². The van der Waals surface area contributed by atoms with Crippen LogP contribution in [0.2, 0.25) is 0 Å². The maximum atomic E-state index is 12.4. The number of nitrogens with zero attached hydrogens (tertiary/aromatic N) is 2. The van der Waals surface area contributed by atoms with E-state index in [1.165, 1.54) is 6.33 Å². The average Bonchev–Trinajstić information content (AvgIpc) is 3.12. The monoisotopic (exact) mass is 351 g/mol. The van der Waals surface area contributed by atoms with Gasteiger partial charge in [0.15, 0.2) is 0 Å². The summed E-state index contributed by atoms with van der Waals surface area (Å²) in [5, 5.41) is 13.9. The molecule has 3 aromatic rings. The molecule has 0 aliphatic rings. The van der Waals surface area contributed by atoms with Crippen molar-refractivity contribution in [2.24, 2.45) is 5.92 Å². The Kier molecular flexibility index (Phi) is 5.26. The lowest BCUT2D eigenvalue weighted by atomic mass is 10.0. The van der Waals surface area contributed by atoms with E-state index >= 15 is 0 Å². The van der Waals surface area contributed by atoms with E-state index in [4.69, 9.17) is 0 Å². The van der Waals surface area contributed by atoms with Crippen LogP contribution in [-0.4, -0.2) is 33.0 Å². The van der Waals surface area contributed by atoms with Crippen LogP contribution >= 0.6 is 0 Å². The summed E-state index contributed by atoms with van der Waals surface area (Å²) in [6, 6.07) is 13.3. The number of carbonyl (C=O) groups is 2. The summed E-state index contributed by atoms with van der Waals surface area (Å²) >= 11 is 0. The number of fused-ring (bicyclic) bond motifs is 1. The summed E-state index contributed by atoms with van der Waals surface area (Å²) in [5.74, 6) is -0.349. The fourth-order valence-electron chi connectivity index (χ4n) is 2.75. The van der Waals surface area contributed by atoms with E-state index < -0.39 is 6.04 Å². The molecule has 0 fully saturated rings. The van der Waals surface area contributed by atoms with Gasteiger partial charge in [-0.2, -0.15) is 10.1 Å². The molecule has 0 radical (unpaired) electrons. The molecule has 0 aliphatic heterocycles. The number of hydrogen-bond acceptors (Lipinski definition) is 4. The first-order valence-corrected chi connectivity index (χ1v) is 8.46. The van der Waals surface area contributed by atoms with E-state index in [9.17, 15) is 9.59 Å². The molecule has 1 unspecified atom stereocenters. The highest BCUT2D eigenvalue weighted by atomic mass is 16.2. The minimum atomic E-state index is -0.659. The quantitative estimate of drug-likeness (QED) is 0.634. The van der Waals surface area contributed by atoms with Crippen LogP contribution in [0.25, 0.3) is 10.8 Å². The highest BCUT2D eigenvalue weighted by Gasteiger charge is 2.24. The van der Waals surface area contributed by atoms with Crippen LogP contribution in [0.4, 0.5) is 5.95 Å². The summed E-state index contributed by atoms with van der Waals surface area (Å²) < 4.78 is 0. The Morgan fingerprint density at radius 2 is 1.88 bits per heavy atom. The first-order valence-electron chi connectivity index (χ1n) is 8.46. The lowest BCUT2D eigenvalue weighted by Crippen LogP contribution is -2.47. The lowest BCUT2D eigenvalue weighted by molar-refractivity contribution is -0.127. The molecule has 26 heavy (non-hydrogen) atoms. The van der Waals surface area contributed by atoms with Gasteiger partial charge in [0.25, 0.3) is 0 Å². The first kappa shape index (κ1) is 17.6. The standard InChI is InChI=1S/C19H21N5O2/c1-12(2)17(18(26)23-19-20-11-21-24-19)22-16(25)10-13-7-8-14-5-3-4-6-15(14)9-13/h3-9,11-12,17H,10H2,1-2H3,(H,22,25)(H2,20,21,23,24,26). The number of amides is 2. The van der Waals surface area contributed by atoms with Gasteiger partial charge in [-0.1, -0.05) is 56.3 Å².